The van der Waals surface area contributed by atoms with Crippen molar-refractivity contribution in [1.29, 1.82) is 0 Å². The van der Waals surface area contributed by atoms with Gasteiger partial charge in [-0.3, -0.25) is 4.72 Å². The van der Waals surface area contributed by atoms with Gasteiger partial charge in [-0.05, 0) is 61.1 Å². The fourth-order valence-electron chi connectivity index (χ4n) is 3.13. The van der Waals surface area contributed by atoms with Gasteiger partial charge < -0.3 is 4.74 Å². The van der Waals surface area contributed by atoms with Crippen molar-refractivity contribution in [3.05, 3.63) is 58.7 Å². The Hall–Kier alpha value is -2.48. The van der Waals surface area contributed by atoms with E-state index in [4.69, 9.17) is 4.74 Å². The Morgan fingerprint density at radius 1 is 1.12 bits per heavy atom. The van der Waals surface area contributed by atoms with Crippen LogP contribution in [0, 0.1) is 11.6 Å². The van der Waals surface area contributed by atoms with Crippen molar-refractivity contribution >= 4 is 21.7 Å². The molecule has 3 rings (SSSR count). The third kappa shape index (κ3) is 3.41. The molecule has 0 spiro atoms. The van der Waals surface area contributed by atoms with E-state index in [0.29, 0.717) is 12.5 Å². The van der Waals surface area contributed by atoms with E-state index >= 15 is 0 Å². The molecule has 0 amide bonds. The highest BCUT2D eigenvalue weighted by Crippen LogP contribution is 2.32. The molecule has 2 aromatic carbocycles. The molecule has 138 valence electrons. The number of ether oxygens (including phenoxy) is 1. The molecule has 8 heteroatoms. The van der Waals surface area contributed by atoms with Gasteiger partial charge >= 0.3 is 5.97 Å². The van der Waals surface area contributed by atoms with Gasteiger partial charge in [-0.25, -0.2) is 22.0 Å². The SMILES string of the molecule is COC(=O)c1c(NS(=O)(=O)c2cc(F)ccc2F)ccc2c1CCCC2. The summed E-state index contributed by atoms with van der Waals surface area (Å²) in [7, 11) is -3.23. The maximum absolute atomic E-state index is 13.9. The van der Waals surface area contributed by atoms with Crippen LogP contribution in [0.15, 0.2) is 35.2 Å². The van der Waals surface area contributed by atoms with Gasteiger partial charge in [-0.15, -0.1) is 0 Å². The number of hydrogen-bond donors (Lipinski definition) is 1. The highest BCUT2D eigenvalue weighted by molar-refractivity contribution is 7.92. The molecule has 2 aromatic rings. The van der Waals surface area contributed by atoms with Crippen molar-refractivity contribution in [3.8, 4) is 0 Å². The average molecular weight is 381 g/mol. The Morgan fingerprint density at radius 3 is 2.58 bits per heavy atom. The summed E-state index contributed by atoms with van der Waals surface area (Å²) in [6.45, 7) is 0. The molecule has 1 aliphatic carbocycles. The van der Waals surface area contributed by atoms with E-state index in [1.54, 1.807) is 6.07 Å². The zero-order valence-corrected chi connectivity index (χ0v) is 14.8. The highest BCUT2D eigenvalue weighted by atomic mass is 32.2. The van der Waals surface area contributed by atoms with Gasteiger partial charge in [0.25, 0.3) is 10.0 Å². The lowest BCUT2D eigenvalue weighted by Crippen LogP contribution is -2.20. The lowest BCUT2D eigenvalue weighted by molar-refractivity contribution is 0.0600. The van der Waals surface area contributed by atoms with Crippen LogP contribution in [0.3, 0.4) is 0 Å². The average Bonchev–Trinajstić information content (AvgIpc) is 2.62. The summed E-state index contributed by atoms with van der Waals surface area (Å²) < 4.78 is 59.3. The molecule has 5 nitrogen and oxygen atoms in total. The van der Waals surface area contributed by atoms with Gasteiger partial charge in [0.15, 0.2) is 0 Å². The van der Waals surface area contributed by atoms with Crippen LogP contribution in [0.25, 0.3) is 0 Å². The van der Waals surface area contributed by atoms with Crippen molar-refractivity contribution in [3.63, 3.8) is 0 Å². The van der Waals surface area contributed by atoms with Gasteiger partial charge in [0.05, 0.1) is 18.4 Å². The number of benzene rings is 2. The highest BCUT2D eigenvalue weighted by Gasteiger charge is 2.26. The Bertz CT molecular complexity index is 973. The summed E-state index contributed by atoms with van der Waals surface area (Å²) in [6.07, 6.45) is 3.24. The first-order valence-electron chi connectivity index (χ1n) is 8.04. The molecule has 1 aliphatic rings. The lowest BCUT2D eigenvalue weighted by atomic mass is 9.87. The largest absolute Gasteiger partial charge is 0.465 e. The second-order valence-electron chi connectivity index (χ2n) is 6.00. The number of aryl methyl sites for hydroxylation is 1. The number of hydrogen-bond acceptors (Lipinski definition) is 4. The van der Waals surface area contributed by atoms with Gasteiger partial charge in [0, 0.05) is 0 Å². The zero-order chi connectivity index (χ0) is 18.9. The predicted molar refractivity (Wildman–Crippen MR) is 91.6 cm³/mol. The van der Waals surface area contributed by atoms with Crippen LogP contribution >= 0.6 is 0 Å². The maximum atomic E-state index is 13.9. The minimum absolute atomic E-state index is 0.0128. The minimum atomic E-state index is -4.43. The molecule has 0 aromatic heterocycles. The second-order valence-corrected chi connectivity index (χ2v) is 7.66. The summed E-state index contributed by atoms with van der Waals surface area (Å²) in [5.74, 6) is -2.65. The van der Waals surface area contributed by atoms with Crippen LogP contribution in [-0.4, -0.2) is 21.5 Å². The van der Waals surface area contributed by atoms with Crippen LogP contribution in [0.4, 0.5) is 14.5 Å². The number of nitrogens with one attached hydrogen (secondary N) is 1. The Kier molecular flexibility index (Phi) is 4.95. The molecule has 0 saturated carbocycles. The molecule has 0 aliphatic heterocycles. The second kappa shape index (κ2) is 7.03. The summed E-state index contributed by atoms with van der Waals surface area (Å²) in [5.41, 5.74) is 1.78. The third-order valence-electron chi connectivity index (χ3n) is 4.35. The number of fused-ring (bicyclic) bond motifs is 1. The summed E-state index contributed by atoms with van der Waals surface area (Å²) in [5, 5.41) is 0. The molecule has 0 saturated heterocycles. The van der Waals surface area contributed by atoms with Crippen molar-refractivity contribution in [2.24, 2.45) is 0 Å². The van der Waals surface area contributed by atoms with Crippen molar-refractivity contribution in [2.75, 3.05) is 11.8 Å². The molecule has 0 atom stereocenters. The Labute approximate surface area is 150 Å². The summed E-state index contributed by atoms with van der Waals surface area (Å²) >= 11 is 0. The number of carbonyl (C=O) groups is 1. The number of sulfonamides is 1. The quantitative estimate of drug-likeness (QED) is 0.824. The molecule has 0 heterocycles. The number of methoxy groups -OCH3 is 1. The van der Waals surface area contributed by atoms with Gasteiger partial charge in [-0.2, -0.15) is 0 Å². The van der Waals surface area contributed by atoms with E-state index in [9.17, 15) is 22.0 Å². The van der Waals surface area contributed by atoms with E-state index in [0.717, 1.165) is 42.5 Å². The molecule has 0 fully saturated rings. The van der Waals surface area contributed by atoms with Crippen LogP contribution in [0.5, 0.6) is 0 Å². The molecule has 0 bridgehead atoms. The van der Waals surface area contributed by atoms with Crippen LogP contribution in [-0.2, 0) is 27.6 Å². The topological polar surface area (TPSA) is 72.5 Å². The first kappa shape index (κ1) is 18.3. The smallest absolute Gasteiger partial charge is 0.340 e. The number of rotatable bonds is 4. The minimum Gasteiger partial charge on any atom is -0.465 e. The number of esters is 1. The van der Waals surface area contributed by atoms with Crippen LogP contribution in [0.1, 0.15) is 34.3 Å². The van der Waals surface area contributed by atoms with Gasteiger partial charge in [-0.1, -0.05) is 6.07 Å². The van der Waals surface area contributed by atoms with E-state index in [-0.39, 0.29) is 11.3 Å². The number of carbonyl (C=O) groups excluding carboxylic acids is 1. The number of halogens is 2. The molecular weight excluding hydrogens is 364 g/mol. The predicted octanol–water partition coefficient (Wildman–Crippen LogP) is 3.43. The molecule has 26 heavy (non-hydrogen) atoms. The van der Waals surface area contributed by atoms with Crippen molar-refractivity contribution in [2.45, 2.75) is 30.6 Å². The van der Waals surface area contributed by atoms with E-state index in [1.165, 1.54) is 13.2 Å². The molecule has 0 unspecified atom stereocenters. The van der Waals surface area contributed by atoms with Crippen LogP contribution in [0.2, 0.25) is 0 Å². The molecular formula is C18H17F2NO4S. The normalized spacial score (nSPS) is 13.8. The van der Waals surface area contributed by atoms with E-state index in [2.05, 4.69) is 4.72 Å². The zero-order valence-electron chi connectivity index (χ0n) is 14.0. The lowest BCUT2D eigenvalue weighted by Gasteiger charge is -2.21. The standard InChI is InChI=1S/C18H17F2NO4S/c1-25-18(22)17-13-5-3-2-4-11(13)6-9-15(17)21-26(23,24)16-10-12(19)7-8-14(16)20/h6-10,21H,2-5H2,1H3. The first-order chi connectivity index (χ1) is 12.3. The fourth-order valence-corrected chi connectivity index (χ4v) is 4.29. The van der Waals surface area contributed by atoms with Crippen molar-refractivity contribution < 1.29 is 26.7 Å². The monoisotopic (exact) mass is 381 g/mol. The molecule has 0 radical (unpaired) electrons. The van der Waals surface area contributed by atoms with Gasteiger partial charge in [0.2, 0.25) is 0 Å². The third-order valence-corrected chi connectivity index (χ3v) is 5.73. The Balaban J connectivity index is 2.09. The van der Waals surface area contributed by atoms with E-state index in [1.807, 2.05) is 0 Å². The molecule has 1 N–H and O–H groups in total. The number of anilines is 1. The van der Waals surface area contributed by atoms with Crippen LogP contribution < -0.4 is 4.72 Å². The van der Waals surface area contributed by atoms with Gasteiger partial charge in [0.1, 0.15) is 16.5 Å². The Morgan fingerprint density at radius 2 is 1.85 bits per heavy atom. The van der Waals surface area contributed by atoms with Crippen molar-refractivity contribution in [1.82, 2.24) is 0 Å². The summed E-state index contributed by atoms with van der Waals surface area (Å²) in [6, 6.07) is 5.34. The van der Waals surface area contributed by atoms with E-state index < -0.39 is 32.5 Å². The maximum Gasteiger partial charge on any atom is 0.340 e. The summed E-state index contributed by atoms with van der Waals surface area (Å²) in [4.78, 5) is 11.4. The fraction of sp³-hybridized carbons (Fsp3) is 0.278. The first-order valence-corrected chi connectivity index (χ1v) is 9.53.